The van der Waals surface area contributed by atoms with Crippen LogP contribution in [-0.4, -0.2) is 30.1 Å². The summed E-state index contributed by atoms with van der Waals surface area (Å²) in [6, 6.07) is 14.8. The first-order valence-corrected chi connectivity index (χ1v) is 10.6. The van der Waals surface area contributed by atoms with Crippen molar-refractivity contribution in [3.8, 4) is 0 Å². The van der Waals surface area contributed by atoms with Crippen LogP contribution in [-0.2, 0) is 15.9 Å². The Bertz CT molecular complexity index is 746. The van der Waals surface area contributed by atoms with Gasteiger partial charge in [-0.15, -0.1) is 0 Å². The summed E-state index contributed by atoms with van der Waals surface area (Å²) < 4.78 is 10.5. The third-order valence-electron chi connectivity index (χ3n) is 4.58. The fourth-order valence-electron chi connectivity index (χ4n) is 2.94. The van der Waals surface area contributed by atoms with Crippen LogP contribution in [0.25, 0.3) is 0 Å². The van der Waals surface area contributed by atoms with Crippen molar-refractivity contribution in [2.45, 2.75) is 58.3 Å². The van der Waals surface area contributed by atoms with Crippen molar-refractivity contribution in [2.75, 3.05) is 13.2 Å². The highest BCUT2D eigenvalue weighted by atomic mass is 16.5. The second-order valence-corrected chi connectivity index (χ2v) is 7.04. The first-order valence-electron chi connectivity index (χ1n) is 10.6. The molecule has 0 radical (unpaired) electrons. The largest absolute Gasteiger partial charge is 0.461 e. The van der Waals surface area contributed by atoms with Gasteiger partial charge in [0.05, 0.1) is 13.2 Å². The number of unbranched alkanes of at least 4 members (excludes halogenated alkanes) is 5. The average molecular weight is 398 g/mol. The fourth-order valence-corrected chi connectivity index (χ4v) is 2.94. The lowest BCUT2D eigenvalue weighted by molar-refractivity contribution is 0.0483. The van der Waals surface area contributed by atoms with Crippen molar-refractivity contribution >= 4 is 11.9 Å². The average Bonchev–Trinajstić information content (AvgIpc) is 2.76. The highest BCUT2D eigenvalue weighted by Crippen LogP contribution is 2.08. The highest BCUT2D eigenvalue weighted by molar-refractivity contribution is 5.91. The lowest BCUT2D eigenvalue weighted by Gasteiger charge is -2.07. The smallest absolute Gasteiger partial charge is 0.356 e. The van der Waals surface area contributed by atoms with Crippen molar-refractivity contribution in [3.63, 3.8) is 0 Å². The number of aromatic nitrogens is 1. The van der Waals surface area contributed by atoms with Gasteiger partial charge in [-0.3, -0.25) is 0 Å². The second-order valence-electron chi connectivity index (χ2n) is 7.04. The Labute approximate surface area is 173 Å². The van der Waals surface area contributed by atoms with E-state index in [0.717, 1.165) is 32.1 Å². The Morgan fingerprint density at radius 3 is 1.97 bits per heavy atom. The van der Waals surface area contributed by atoms with E-state index in [-0.39, 0.29) is 11.4 Å². The number of ether oxygens (including phenoxy) is 2. The van der Waals surface area contributed by atoms with E-state index in [0.29, 0.717) is 13.2 Å². The first kappa shape index (κ1) is 22.6. The van der Waals surface area contributed by atoms with Gasteiger partial charge in [-0.05, 0) is 37.0 Å². The van der Waals surface area contributed by atoms with Crippen LogP contribution in [0.3, 0.4) is 0 Å². The molecule has 0 aliphatic rings. The number of benzene rings is 1. The Morgan fingerprint density at radius 2 is 1.31 bits per heavy atom. The van der Waals surface area contributed by atoms with Crippen molar-refractivity contribution in [1.82, 2.24) is 4.98 Å². The summed E-state index contributed by atoms with van der Waals surface area (Å²) in [5.41, 5.74) is 1.46. The minimum atomic E-state index is -0.524. The number of carbonyl (C=O) groups is 2. The third-order valence-corrected chi connectivity index (χ3v) is 4.58. The normalized spacial score (nSPS) is 10.5. The minimum absolute atomic E-state index is 0.124. The van der Waals surface area contributed by atoms with Crippen molar-refractivity contribution < 1.29 is 19.1 Å². The van der Waals surface area contributed by atoms with E-state index in [2.05, 4.69) is 11.9 Å². The van der Waals surface area contributed by atoms with Gasteiger partial charge in [-0.25, -0.2) is 14.6 Å². The molecule has 2 aromatic rings. The molecule has 1 aromatic carbocycles. The van der Waals surface area contributed by atoms with Crippen molar-refractivity contribution in [2.24, 2.45) is 0 Å². The van der Waals surface area contributed by atoms with E-state index in [1.54, 1.807) is 18.2 Å². The Kier molecular flexibility index (Phi) is 10.5. The predicted molar refractivity (Wildman–Crippen MR) is 113 cm³/mol. The van der Waals surface area contributed by atoms with Crippen molar-refractivity contribution in [1.29, 1.82) is 0 Å². The third kappa shape index (κ3) is 8.90. The summed E-state index contributed by atoms with van der Waals surface area (Å²) >= 11 is 0. The van der Waals surface area contributed by atoms with Crippen LogP contribution in [0.2, 0.25) is 0 Å². The summed E-state index contributed by atoms with van der Waals surface area (Å²) in [7, 11) is 0. The van der Waals surface area contributed by atoms with Gasteiger partial charge < -0.3 is 9.47 Å². The van der Waals surface area contributed by atoms with Crippen LogP contribution in [0, 0.1) is 0 Å². The standard InChI is InChI=1S/C24H31NO4/c1-2-3-4-5-6-10-18-28-23(26)21-16-11-17-22(25-21)24(27)29-19-12-15-20-13-8-7-9-14-20/h7-9,11,13-14,16-17H,2-6,10,12,15,18-19H2,1H3. The number of hydrogen-bond donors (Lipinski definition) is 0. The van der Waals surface area contributed by atoms with Crippen LogP contribution in [0.15, 0.2) is 48.5 Å². The minimum Gasteiger partial charge on any atom is -0.461 e. The number of pyridine rings is 1. The number of esters is 2. The van der Waals surface area contributed by atoms with Gasteiger partial charge in [-0.2, -0.15) is 0 Å². The number of hydrogen-bond acceptors (Lipinski definition) is 5. The number of nitrogens with zero attached hydrogens (tertiary/aromatic N) is 1. The predicted octanol–water partition coefficient (Wildman–Crippen LogP) is 5.39. The van der Waals surface area contributed by atoms with E-state index in [1.165, 1.54) is 24.8 Å². The van der Waals surface area contributed by atoms with Gasteiger partial charge in [0.1, 0.15) is 11.4 Å². The maximum absolute atomic E-state index is 12.2. The van der Waals surface area contributed by atoms with Crippen LogP contribution in [0.1, 0.15) is 78.4 Å². The number of carbonyl (C=O) groups excluding carboxylic acids is 2. The zero-order valence-corrected chi connectivity index (χ0v) is 17.3. The number of rotatable bonds is 13. The molecule has 5 heteroatoms. The highest BCUT2D eigenvalue weighted by Gasteiger charge is 2.14. The molecule has 0 saturated heterocycles. The zero-order valence-electron chi connectivity index (χ0n) is 17.3. The molecule has 0 spiro atoms. The van der Waals surface area contributed by atoms with E-state index in [4.69, 9.17) is 9.47 Å². The molecular weight excluding hydrogens is 366 g/mol. The van der Waals surface area contributed by atoms with Crippen LogP contribution >= 0.6 is 0 Å². The molecule has 0 atom stereocenters. The summed E-state index contributed by atoms with van der Waals surface area (Å²) in [4.78, 5) is 28.4. The molecule has 0 fully saturated rings. The molecule has 0 N–H and O–H groups in total. The molecule has 0 bridgehead atoms. The van der Waals surface area contributed by atoms with Gasteiger partial charge in [0, 0.05) is 0 Å². The van der Waals surface area contributed by atoms with E-state index in [9.17, 15) is 9.59 Å². The summed E-state index contributed by atoms with van der Waals surface area (Å²) in [5.74, 6) is -1.03. The Morgan fingerprint density at radius 1 is 0.724 bits per heavy atom. The molecule has 0 amide bonds. The van der Waals surface area contributed by atoms with Gasteiger partial charge in [0.15, 0.2) is 0 Å². The molecule has 0 aliphatic heterocycles. The lowest BCUT2D eigenvalue weighted by atomic mass is 10.1. The molecule has 1 aromatic heterocycles. The van der Waals surface area contributed by atoms with Crippen molar-refractivity contribution in [3.05, 3.63) is 65.5 Å². The topological polar surface area (TPSA) is 65.5 Å². The van der Waals surface area contributed by atoms with E-state index < -0.39 is 11.9 Å². The van der Waals surface area contributed by atoms with E-state index in [1.807, 2.05) is 30.3 Å². The zero-order chi connectivity index (χ0) is 20.7. The second kappa shape index (κ2) is 13.5. The molecule has 1 heterocycles. The molecular formula is C24H31NO4. The monoisotopic (exact) mass is 397 g/mol. The van der Waals surface area contributed by atoms with Gasteiger partial charge in [-0.1, -0.05) is 75.4 Å². The molecule has 2 rings (SSSR count). The molecule has 0 aliphatic carbocycles. The summed E-state index contributed by atoms with van der Waals surface area (Å²) in [6.45, 7) is 2.87. The molecule has 156 valence electrons. The Balaban J connectivity index is 1.70. The number of aryl methyl sites for hydroxylation is 1. The first-order chi connectivity index (χ1) is 14.2. The quantitative estimate of drug-likeness (QED) is 0.335. The maximum Gasteiger partial charge on any atom is 0.356 e. The van der Waals surface area contributed by atoms with Crippen LogP contribution in [0.5, 0.6) is 0 Å². The Hall–Kier alpha value is -2.69. The molecule has 29 heavy (non-hydrogen) atoms. The van der Waals surface area contributed by atoms with E-state index >= 15 is 0 Å². The SMILES string of the molecule is CCCCCCCCOC(=O)c1cccc(C(=O)OCCCc2ccccc2)n1. The van der Waals surface area contributed by atoms with Crippen LogP contribution in [0.4, 0.5) is 0 Å². The van der Waals surface area contributed by atoms with Gasteiger partial charge in [0.2, 0.25) is 0 Å². The molecule has 5 nitrogen and oxygen atoms in total. The molecule has 0 saturated carbocycles. The maximum atomic E-state index is 12.2. The van der Waals surface area contributed by atoms with Crippen LogP contribution < -0.4 is 0 Å². The summed E-state index contributed by atoms with van der Waals surface area (Å²) in [6.07, 6.45) is 8.32. The van der Waals surface area contributed by atoms with Gasteiger partial charge in [0.25, 0.3) is 0 Å². The molecule has 0 unspecified atom stereocenters. The van der Waals surface area contributed by atoms with Gasteiger partial charge >= 0.3 is 11.9 Å². The summed E-state index contributed by atoms with van der Waals surface area (Å²) in [5, 5.41) is 0. The fraction of sp³-hybridized carbons (Fsp3) is 0.458. The lowest BCUT2D eigenvalue weighted by Crippen LogP contribution is -2.13.